The average molecular weight is 297 g/mol. The van der Waals surface area contributed by atoms with Crippen LogP contribution in [0.5, 0.6) is 0 Å². The molecule has 0 aliphatic heterocycles. The van der Waals surface area contributed by atoms with Gasteiger partial charge in [-0.1, -0.05) is 64.7 Å². The molecule has 1 atom stereocenters. The summed E-state index contributed by atoms with van der Waals surface area (Å²) in [5.41, 5.74) is 8.37. The molecule has 0 amide bonds. The molecule has 0 spiro atoms. The quantitative estimate of drug-likeness (QED) is 0.858. The summed E-state index contributed by atoms with van der Waals surface area (Å²) >= 11 is 4.94. The monoisotopic (exact) mass is 297 g/mol. The number of nitrogens with two attached hydrogens (primary N) is 1. The van der Waals surface area contributed by atoms with Gasteiger partial charge in [0.2, 0.25) is 0 Å². The third kappa shape index (κ3) is 3.47. The highest BCUT2D eigenvalue weighted by atomic mass is 32.2. The summed E-state index contributed by atoms with van der Waals surface area (Å²) in [7, 11) is 0. The Hall–Kier alpha value is -0.560. The van der Waals surface area contributed by atoms with Gasteiger partial charge in [-0.25, -0.2) is 0 Å². The lowest BCUT2D eigenvalue weighted by molar-refractivity contribution is 0.921. The molecule has 1 heterocycles. The maximum Gasteiger partial charge on any atom is 0.175 e. The number of aryl methyl sites for hydroxylation is 1. The molecule has 0 aliphatic rings. The van der Waals surface area contributed by atoms with E-state index in [1.807, 2.05) is 6.26 Å². The zero-order chi connectivity index (χ0) is 13.0. The van der Waals surface area contributed by atoms with Crippen molar-refractivity contribution >= 4 is 34.9 Å². The molecule has 18 heavy (non-hydrogen) atoms. The molecule has 0 saturated heterocycles. The highest BCUT2D eigenvalue weighted by molar-refractivity contribution is 8.03. The minimum Gasteiger partial charge on any atom is -0.329 e. The fourth-order valence-corrected chi connectivity index (χ4v) is 4.14. The first kappa shape index (κ1) is 13.9. The number of hydrogen-bond donors (Lipinski definition) is 1. The average Bonchev–Trinajstić information content (AvgIpc) is 2.85. The summed E-state index contributed by atoms with van der Waals surface area (Å²) in [4.78, 5) is 0. The third-order valence-electron chi connectivity index (χ3n) is 2.47. The van der Waals surface area contributed by atoms with Crippen molar-refractivity contribution in [3.05, 3.63) is 35.4 Å². The lowest BCUT2D eigenvalue weighted by atomic mass is 10.1. The Morgan fingerprint density at radius 1 is 1.22 bits per heavy atom. The number of benzene rings is 1. The van der Waals surface area contributed by atoms with Gasteiger partial charge in [0, 0.05) is 11.8 Å². The Kier molecular flexibility index (Phi) is 5.05. The van der Waals surface area contributed by atoms with E-state index in [9.17, 15) is 0 Å². The first-order valence-electron chi connectivity index (χ1n) is 5.53. The predicted octanol–water partition coefficient (Wildman–Crippen LogP) is 3.36. The highest BCUT2D eigenvalue weighted by Gasteiger charge is 2.14. The van der Waals surface area contributed by atoms with Crippen molar-refractivity contribution in [2.24, 2.45) is 5.73 Å². The highest BCUT2D eigenvalue weighted by Crippen LogP contribution is 2.37. The second-order valence-electron chi connectivity index (χ2n) is 3.79. The van der Waals surface area contributed by atoms with E-state index >= 15 is 0 Å². The maximum absolute atomic E-state index is 5.86. The molecule has 1 aromatic heterocycles. The van der Waals surface area contributed by atoms with E-state index in [1.54, 1.807) is 34.9 Å². The van der Waals surface area contributed by atoms with E-state index in [0.717, 1.165) is 8.68 Å². The molecule has 3 nitrogen and oxygen atoms in total. The zero-order valence-corrected chi connectivity index (χ0v) is 12.7. The Morgan fingerprint density at radius 3 is 2.44 bits per heavy atom. The lowest BCUT2D eigenvalue weighted by Crippen LogP contribution is -2.09. The standard InChI is InChI=1S/C12H15N3S3/c1-8-3-5-9(6-4-8)10(7-13)17-12-15-14-11(16-2)18-12/h3-6,10H,7,13H2,1-2H3. The van der Waals surface area contributed by atoms with Crippen LogP contribution >= 0.6 is 34.9 Å². The smallest absolute Gasteiger partial charge is 0.175 e. The molecule has 2 aromatic rings. The van der Waals surface area contributed by atoms with Crippen LogP contribution in [0.1, 0.15) is 16.4 Å². The molecule has 0 fully saturated rings. The van der Waals surface area contributed by atoms with Crippen molar-refractivity contribution < 1.29 is 0 Å². The second kappa shape index (κ2) is 6.56. The van der Waals surface area contributed by atoms with E-state index < -0.39 is 0 Å². The molecule has 6 heteroatoms. The third-order valence-corrected chi connectivity index (χ3v) is 5.73. The fraction of sp³-hybridized carbons (Fsp3) is 0.333. The van der Waals surface area contributed by atoms with Crippen LogP contribution in [-0.2, 0) is 0 Å². The molecular weight excluding hydrogens is 282 g/mol. The minimum absolute atomic E-state index is 0.244. The first-order chi connectivity index (χ1) is 8.72. The van der Waals surface area contributed by atoms with Gasteiger partial charge in [0.15, 0.2) is 8.68 Å². The summed E-state index contributed by atoms with van der Waals surface area (Å²) in [5, 5.41) is 8.52. The van der Waals surface area contributed by atoms with E-state index in [-0.39, 0.29) is 5.25 Å². The van der Waals surface area contributed by atoms with Gasteiger partial charge in [0.1, 0.15) is 0 Å². The maximum atomic E-state index is 5.86. The molecule has 96 valence electrons. The zero-order valence-electron chi connectivity index (χ0n) is 10.3. The van der Waals surface area contributed by atoms with Gasteiger partial charge in [-0.2, -0.15) is 0 Å². The Balaban J connectivity index is 2.11. The first-order valence-corrected chi connectivity index (χ1v) is 8.46. The van der Waals surface area contributed by atoms with Gasteiger partial charge in [0.05, 0.1) is 0 Å². The summed E-state index contributed by atoms with van der Waals surface area (Å²) in [6.45, 7) is 2.69. The Bertz CT molecular complexity index is 496. The number of hydrogen-bond acceptors (Lipinski definition) is 6. The van der Waals surface area contributed by atoms with Crippen molar-refractivity contribution in [1.29, 1.82) is 0 Å². The van der Waals surface area contributed by atoms with Gasteiger partial charge in [-0.3, -0.25) is 0 Å². The van der Waals surface area contributed by atoms with Crippen molar-refractivity contribution in [3.63, 3.8) is 0 Å². The lowest BCUT2D eigenvalue weighted by Gasteiger charge is -2.12. The molecule has 0 saturated carbocycles. The van der Waals surface area contributed by atoms with Gasteiger partial charge in [-0.15, -0.1) is 10.2 Å². The Morgan fingerprint density at radius 2 is 1.89 bits per heavy atom. The number of rotatable bonds is 5. The topological polar surface area (TPSA) is 51.8 Å². The summed E-state index contributed by atoms with van der Waals surface area (Å²) in [6, 6.07) is 8.50. The van der Waals surface area contributed by atoms with E-state index in [4.69, 9.17) is 5.73 Å². The molecule has 0 radical (unpaired) electrons. The van der Waals surface area contributed by atoms with Crippen LogP contribution in [0.4, 0.5) is 0 Å². The normalized spacial score (nSPS) is 12.6. The van der Waals surface area contributed by atoms with E-state index in [1.165, 1.54) is 11.1 Å². The van der Waals surface area contributed by atoms with Crippen LogP contribution in [-0.4, -0.2) is 23.0 Å². The van der Waals surface area contributed by atoms with Gasteiger partial charge in [-0.05, 0) is 18.7 Å². The minimum atomic E-state index is 0.244. The van der Waals surface area contributed by atoms with Crippen LogP contribution < -0.4 is 5.73 Å². The van der Waals surface area contributed by atoms with Crippen molar-refractivity contribution in [2.75, 3.05) is 12.8 Å². The Labute approximate surface area is 120 Å². The van der Waals surface area contributed by atoms with Crippen LogP contribution in [0.3, 0.4) is 0 Å². The van der Waals surface area contributed by atoms with Crippen molar-refractivity contribution in [2.45, 2.75) is 20.9 Å². The number of aromatic nitrogens is 2. The fourth-order valence-electron chi connectivity index (χ4n) is 1.48. The van der Waals surface area contributed by atoms with E-state index in [2.05, 4.69) is 41.4 Å². The molecular formula is C12H15N3S3. The van der Waals surface area contributed by atoms with Gasteiger partial charge >= 0.3 is 0 Å². The molecule has 1 aromatic carbocycles. The molecule has 1 unspecified atom stereocenters. The summed E-state index contributed by atoms with van der Waals surface area (Å²) < 4.78 is 1.98. The molecule has 2 N–H and O–H groups in total. The SMILES string of the molecule is CSc1nnc(SC(CN)c2ccc(C)cc2)s1. The predicted molar refractivity (Wildman–Crippen MR) is 80.5 cm³/mol. The van der Waals surface area contributed by atoms with Crippen molar-refractivity contribution in [3.8, 4) is 0 Å². The molecule has 0 bridgehead atoms. The molecule has 0 aliphatic carbocycles. The number of thioether (sulfide) groups is 2. The van der Waals surface area contributed by atoms with Crippen LogP contribution in [0, 0.1) is 6.92 Å². The van der Waals surface area contributed by atoms with Gasteiger partial charge < -0.3 is 5.73 Å². The van der Waals surface area contributed by atoms with Gasteiger partial charge in [0.25, 0.3) is 0 Å². The largest absolute Gasteiger partial charge is 0.329 e. The molecule has 2 rings (SSSR count). The summed E-state index contributed by atoms with van der Waals surface area (Å²) in [5.74, 6) is 0. The van der Waals surface area contributed by atoms with Crippen LogP contribution in [0.25, 0.3) is 0 Å². The van der Waals surface area contributed by atoms with Crippen LogP contribution in [0.15, 0.2) is 32.9 Å². The second-order valence-corrected chi connectivity index (χ2v) is 7.27. The van der Waals surface area contributed by atoms with Crippen molar-refractivity contribution in [1.82, 2.24) is 10.2 Å². The summed E-state index contributed by atoms with van der Waals surface area (Å²) in [6.07, 6.45) is 2.01. The van der Waals surface area contributed by atoms with Crippen LogP contribution in [0.2, 0.25) is 0 Å². The van der Waals surface area contributed by atoms with E-state index in [0.29, 0.717) is 6.54 Å². The number of nitrogens with zero attached hydrogens (tertiary/aromatic N) is 2.